The summed E-state index contributed by atoms with van der Waals surface area (Å²) in [5.74, 6) is 0.343. The molecule has 1 rings (SSSR count). The van der Waals surface area contributed by atoms with Gasteiger partial charge in [0.1, 0.15) is 0 Å². The molecule has 19 heavy (non-hydrogen) atoms. The molecule has 0 saturated carbocycles. The van der Waals surface area contributed by atoms with Crippen LogP contribution in [0.4, 0.5) is 0 Å². The zero-order valence-electron chi connectivity index (χ0n) is 12.7. The molecule has 1 saturated heterocycles. The van der Waals surface area contributed by atoms with Crippen LogP contribution in [-0.4, -0.2) is 35.7 Å². The van der Waals surface area contributed by atoms with Crippen LogP contribution in [0.15, 0.2) is 0 Å². The normalized spacial score (nSPS) is 24.7. The molecule has 0 spiro atoms. The van der Waals surface area contributed by atoms with E-state index in [-0.39, 0.29) is 17.4 Å². The van der Waals surface area contributed by atoms with Crippen molar-refractivity contribution in [3.05, 3.63) is 0 Å². The van der Waals surface area contributed by atoms with E-state index < -0.39 is 6.10 Å². The minimum atomic E-state index is -0.431. The molecule has 0 aromatic rings. The Morgan fingerprint density at radius 2 is 2.05 bits per heavy atom. The molecule has 3 N–H and O–H groups in total. The van der Waals surface area contributed by atoms with Gasteiger partial charge in [-0.3, -0.25) is 4.79 Å². The third-order valence-electron chi connectivity index (χ3n) is 4.42. The molecule has 1 aliphatic heterocycles. The number of carbonyl (C=O) groups excluding carboxylic acids is 1. The van der Waals surface area contributed by atoms with Crippen LogP contribution in [0.1, 0.15) is 59.3 Å². The van der Waals surface area contributed by atoms with E-state index in [0.717, 1.165) is 45.1 Å². The topological polar surface area (TPSA) is 61.4 Å². The van der Waals surface area contributed by atoms with Gasteiger partial charge in [0, 0.05) is 6.54 Å². The maximum Gasteiger partial charge on any atom is 0.240 e. The van der Waals surface area contributed by atoms with Crippen LogP contribution < -0.4 is 10.6 Å². The quantitative estimate of drug-likeness (QED) is 0.630. The first-order chi connectivity index (χ1) is 9.09. The first kappa shape index (κ1) is 16.4. The van der Waals surface area contributed by atoms with Gasteiger partial charge in [0.2, 0.25) is 5.91 Å². The number of rotatable bonds is 8. The second-order valence-corrected chi connectivity index (χ2v) is 5.72. The highest BCUT2D eigenvalue weighted by atomic mass is 16.3. The molecule has 0 radical (unpaired) electrons. The van der Waals surface area contributed by atoms with Crippen molar-refractivity contribution in [3.8, 4) is 0 Å². The van der Waals surface area contributed by atoms with Gasteiger partial charge in [-0.25, -0.2) is 0 Å². The second kappa shape index (κ2) is 7.85. The van der Waals surface area contributed by atoms with Crippen LogP contribution in [0.25, 0.3) is 0 Å². The molecule has 4 heteroatoms. The number of carbonyl (C=O) groups is 1. The van der Waals surface area contributed by atoms with Gasteiger partial charge in [-0.05, 0) is 31.7 Å². The summed E-state index contributed by atoms with van der Waals surface area (Å²) in [6, 6.07) is 0. The molecule has 0 aromatic heterocycles. The van der Waals surface area contributed by atoms with Gasteiger partial charge in [0.25, 0.3) is 0 Å². The number of amides is 1. The number of hydrogen-bond donors (Lipinski definition) is 3. The Morgan fingerprint density at radius 3 is 2.53 bits per heavy atom. The molecule has 1 aliphatic rings. The van der Waals surface area contributed by atoms with Crippen molar-refractivity contribution in [2.75, 3.05) is 13.1 Å². The molecule has 2 atom stereocenters. The summed E-state index contributed by atoms with van der Waals surface area (Å²) in [6.07, 6.45) is 5.31. The van der Waals surface area contributed by atoms with Crippen LogP contribution >= 0.6 is 0 Å². The maximum absolute atomic E-state index is 12.4. The van der Waals surface area contributed by atoms with Crippen molar-refractivity contribution in [2.24, 2.45) is 5.92 Å². The lowest BCUT2D eigenvalue weighted by atomic mass is 9.90. The van der Waals surface area contributed by atoms with Gasteiger partial charge in [0.05, 0.1) is 11.6 Å². The summed E-state index contributed by atoms with van der Waals surface area (Å²) >= 11 is 0. The molecular formula is C15H30N2O2. The monoisotopic (exact) mass is 270 g/mol. The van der Waals surface area contributed by atoms with E-state index in [9.17, 15) is 9.90 Å². The second-order valence-electron chi connectivity index (χ2n) is 5.72. The molecule has 0 bridgehead atoms. The minimum absolute atomic E-state index is 0.0665. The van der Waals surface area contributed by atoms with Crippen LogP contribution in [0.5, 0.6) is 0 Å². The summed E-state index contributed by atoms with van der Waals surface area (Å²) < 4.78 is 0. The fourth-order valence-corrected chi connectivity index (χ4v) is 3.12. The molecular weight excluding hydrogens is 240 g/mol. The predicted octanol–water partition coefficient (Wildman–Crippen LogP) is 1.82. The van der Waals surface area contributed by atoms with E-state index in [1.165, 1.54) is 0 Å². The molecule has 2 unspecified atom stereocenters. The number of aliphatic hydroxyl groups excluding tert-OH is 1. The number of hydrogen-bond acceptors (Lipinski definition) is 3. The van der Waals surface area contributed by atoms with Crippen LogP contribution in [-0.2, 0) is 4.79 Å². The van der Waals surface area contributed by atoms with Crippen LogP contribution in [0.3, 0.4) is 0 Å². The highest BCUT2D eigenvalue weighted by Gasteiger charge is 2.39. The van der Waals surface area contributed by atoms with Gasteiger partial charge >= 0.3 is 0 Å². The summed E-state index contributed by atoms with van der Waals surface area (Å²) in [4.78, 5) is 12.4. The largest absolute Gasteiger partial charge is 0.391 e. The standard InChI is InChI=1S/C15H30N2O2/c1-4-8-15(9-7-10-17-15)14(19)16-11-13(18)12(5-2)6-3/h12-13,17-18H,4-11H2,1-3H3,(H,16,19). The third-order valence-corrected chi connectivity index (χ3v) is 4.42. The lowest BCUT2D eigenvalue weighted by molar-refractivity contribution is -0.128. The molecule has 1 fully saturated rings. The highest BCUT2D eigenvalue weighted by Crippen LogP contribution is 2.25. The molecule has 1 amide bonds. The van der Waals surface area contributed by atoms with Crippen molar-refractivity contribution in [1.29, 1.82) is 0 Å². The Kier molecular flexibility index (Phi) is 6.80. The molecule has 1 heterocycles. The van der Waals surface area contributed by atoms with E-state index in [4.69, 9.17) is 0 Å². The Balaban J connectivity index is 2.49. The van der Waals surface area contributed by atoms with E-state index >= 15 is 0 Å². The Hall–Kier alpha value is -0.610. The number of nitrogens with one attached hydrogen (secondary N) is 2. The molecule has 0 aromatic carbocycles. The fraction of sp³-hybridized carbons (Fsp3) is 0.933. The van der Waals surface area contributed by atoms with Crippen molar-refractivity contribution in [2.45, 2.75) is 70.9 Å². The predicted molar refractivity (Wildman–Crippen MR) is 78.0 cm³/mol. The van der Waals surface area contributed by atoms with Crippen LogP contribution in [0, 0.1) is 5.92 Å². The zero-order valence-corrected chi connectivity index (χ0v) is 12.7. The Morgan fingerprint density at radius 1 is 1.37 bits per heavy atom. The number of aliphatic hydroxyl groups is 1. The first-order valence-corrected chi connectivity index (χ1v) is 7.81. The summed E-state index contributed by atoms with van der Waals surface area (Å²) in [6.45, 7) is 7.56. The fourth-order valence-electron chi connectivity index (χ4n) is 3.12. The van der Waals surface area contributed by atoms with E-state index in [1.54, 1.807) is 0 Å². The average Bonchev–Trinajstić information content (AvgIpc) is 2.87. The van der Waals surface area contributed by atoms with Crippen molar-refractivity contribution < 1.29 is 9.90 Å². The zero-order chi connectivity index (χ0) is 14.3. The van der Waals surface area contributed by atoms with Crippen molar-refractivity contribution in [1.82, 2.24) is 10.6 Å². The average molecular weight is 270 g/mol. The summed E-state index contributed by atoms with van der Waals surface area (Å²) in [5, 5.41) is 16.4. The molecule has 112 valence electrons. The lowest BCUT2D eigenvalue weighted by Crippen LogP contribution is -2.54. The van der Waals surface area contributed by atoms with Crippen molar-refractivity contribution >= 4 is 5.91 Å². The SMILES string of the molecule is CCCC1(C(=O)NCC(O)C(CC)CC)CCCN1. The molecule has 0 aliphatic carbocycles. The smallest absolute Gasteiger partial charge is 0.240 e. The van der Waals surface area contributed by atoms with Gasteiger partial charge in [0.15, 0.2) is 0 Å². The minimum Gasteiger partial charge on any atom is -0.391 e. The third kappa shape index (κ3) is 4.18. The highest BCUT2D eigenvalue weighted by molar-refractivity contribution is 5.86. The lowest BCUT2D eigenvalue weighted by Gasteiger charge is -2.29. The summed E-state index contributed by atoms with van der Waals surface area (Å²) in [5.41, 5.74) is -0.387. The van der Waals surface area contributed by atoms with E-state index in [0.29, 0.717) is 6.54 Å². The molecule has 4 nitrogen and oxygen atoms in total. The summed E-state index contributed by atoms with van der Waals surface area (Å²) in [7, 11) is 0. The van der Waals surface area contributed by atoms with Crippen LogP contribution in [0.2, 0.25) is 0 Å². The van der Waals surface area contributed by atoms with Crippen molar-refractivity contribution in [3.63, 3.8) is 0 Å². The van der Waals surface area contributed by atoms with Gasteiger partial charge < -0.3 is 15.7 Å². The van der Waals surface area contributed by atoms with Gasteiger partial charge in [-0.15, -0.1) is 0 Å². The van der Waals surface area contributed by atoms with E-state index in [1.807, 2.05) is 0 Å². The Labute approximate surface area is 117 Å². The maximum atomic E-state index is 12.4. The van der Waals surface area contributed by atoms with E-state index in [2.05, 4.69) is 31.4 Å². The van der Waals surface area contributed by atoms with Gasteiger partial charge in [-0.2, -0.15) is 0 Å². The Bertz CT molecular complexity index is 271. The van der Waals surface area contributed by atoms with Gasteiger partial charge in [-0.1, -0.05) is 40.0 Å². The first-order valence-electron chi connectivity index (χ1n) is 7.81.